The number of hydrogen-bond acceptors (Lipinski definition) is 8. The second kappa shape index (κ2) is 12.5. The Balaban J connectivity index is 1.91. The standard InChI is InChI=1S/C30H31N5O5S/c1-17-10-12-21(18(2)14-17)35(30(38)27-24(31)25(28(32)36)34-41-27)26(20-11-13-22(39-3)23(15-20)40-4)29(37)33-16-19-8-6-5-7-9-19/h5-15,26H,16,31H2,1-4H3,(H2,32,36)(H,33,37). The molecule has 0 aliphatic carbocycles. The molecule has 1 heterocycles. The average molecular weight is 574 g/mol. The van der Waals surface area contributed by atoms with Gasteiger partial charge in [0.05, 0.1) is 19.9 Å². The van der Waals surface area contributed by atoms with Gasteiger partial charge in [0.25, 0.3) is 11.8 Å². The predicted octanol–water partition coefficient (Wildman–Crippen LogP) is 4.16. The molecule has 0 saturated carbocycles. The SMILES string of the molecule is COc1ccc(C(C(=O)NCc2ccccc2)N(C(=O)c2snc(C(N)=O)c2N)c2ccc(C)cc2C)cc1OC. The fourth-order valence-electron chi connectivity index (χ4n) is 4.50. The first-order valence-corrected chi connectivity index (χ1v) is 13.4. The van der Waals surface area contributed by atoms with Crippen molar-refractivity contribution in [2.24, 2.45) is 5.73 Å². The lowest BCUT2D eigenvalue weighted by atomic mass is 10.00. The van der Waals surface area contributed by atoms with Gasteiger partial charge in [0, 0.05) is 12.2 Å². The van der Waals surface area contributed by atoms with E-state index in [1.807, 2.05) is 56.3 Å². The van der Waals surface area contributed by atoms with Crippen LogP contribution in [0.15, 0.2) is 66.7 Å². The molecule has 41 heavy (non-hydrogen) atoms. The summed E-state index contributed by atoms with van der Waals surface area (Å²) in [5.41, 5.74) is 14.8. The van der Waals surface area contributed by atoms with Crippen molar-refractivity contribution in [2.75, 3.05) is 24.9 Å². The molecule has 1 aromatic heterocycles. The highest BCUT2D eigenvalue weighted by Crippen LogP contribution is 2.38. The van der Waals surface area contributed by atoms with Gasteiger partial charge in [-0.05, 0) is 60.3 Å². The van der Waals surface area contributed by atoms with E-state index in [9.17, 15) is 14.4 Å². The summed E-state index contributed by atoms with van der Waals surface area (Å²) in [6.07, 6.45) is 0. The van der Waals surface area contributed by atoms with Crippen molar-refractivity contribution in [3.05, 3.63) is 99.6 Å². The van der Waals surface area contributed by atoms with E-state index in [2.05, 4.69) is 9.69 Å². The third-order valence-corrected chi connectivity index (χ3v) is 7.38. The molecule has 3 aromatic carbocycles. The Labute approximate surface area is 242 Å². The zero-order valence-electron chi connectivity index (χ0n) is 23.1. The van der Waals surface area contributed by atoms with Gasteiger partial charge in [0.15, 0.2) is 17.2 Å². The van der Waals surface area contributed by atoms with Crippen LogP contribution in [-0.4, -0.2) is 36.3 Å². The van der Waals surface area contributed by atoms with Crippen molar-refractivity contribution in [3.8, 4) is 11.5 Å². The van der Waals surface area contributed by atoms with Crippen LogP contribution in [0.2, 0.25) is 0 Å². The number of carbonyl (C=O) groups excluding carboxylic acids is 3. The minimum Gasteiger partial charge on any atom is -0.493 e. The number of methoxy groups -OCH3 is 2. The zero-order chi connectivity index (χ0) is 29.7. The quantitative estimate of drug-likeness (QED) is 0.258. The molecule has 0 aliphatic heterocycles. The normalized spacial score (nSPS) is 11.4. The maximum Gasteiger partial charge on any atom is 0.273 e. The first-order chi connectivity index (χ1) is 19.7. The highest BCUT2D eigenvalue weighted by molar-refractivity contribution is 7.09. The summed E-state index contributed by atoms with van der Waals surface area (Å²) in [7, 11) is 3.00. The van der Waals surface area contributed by atoms with E-state index in [1.54, 1.807) is 24.3 Å². The van der Waals surface area contributed by atoms with Crippen molar-refractivity contribution in [2.45, 2.75) is 26.4 Å². The molecule has 0 bridgehead atoms. The number of carbonyl (C=O) groups is 3. The molecule has 1 unspecified atom stereocenters. The monoisotopic (exact) mass is 573 g/mol. The van der Waals surface area contributed by atoms with E-state index >= 15 is 0 Å². The van der Waals surface area contributed by atoms with Gasteiger partial charge in [0.1, 0.15) is 10.9 Å². The summed E-state index contributed by atoms with van der Waals surface area (Å²) in [5, 5.41) is 2.97. The fraction of sp³-hybridized carbons (Fsp3) is 0.200. The molecule has 0 spiro atoms. The molecule has 4 rings (SSSR count). The molecular formula is C30H31N5O5S. The third-order valence-electron chi connectivity index (χ3n) is 6.53. The second-order valence-electron chi connectivity index (χ2n) is 9.32. The molecule has 10 nitrogen and oxygen atoms in total. The number of anilines is 2. The molecule has 212 valence electrons. The van der Waals surface area contributed by atoms with Gasteiger partial charge in [-0.3, -0.25) is 19.3 Å². The maximum atomic E-state index is 14.3. The van der Waals surface area contributed by atoms with Gasteiger partial charge in [-0.15, -0.1) is 0 Å². The number of ether oxygens (including phenoxy) is 2. The van der Waals surface area contributed by atoms with Gasteiger partial charge >= 0.3 is 0 Å². The topological polar surface area (TPSA) is 150 Å². The van der Waals surface area contributed by atoms with Crippen LogP contribution in [0.1, 0.15) is 48.5 Å². The molecular weight excluding hydrogens is 542 g/mol. The molecule has 11 heteroatoms. The van der Waals surface area contributed by atoms with Crippen LogP contribution in [0.5, 0.6) is 11.5 Å². The van der Waals surface area contributed by atoms with Crippen molar-refractivity contribution in [3.63, 3.8) is 0 Å². The number of hydrogen-bond donors (Lipinski definition) is 3. The number of aromatic nitrogens is 1. The second-order valence-corrected chi connectivity index (χ2v) is 10.1. The maximum absolute atomic E-state index is 14.3. The summed E-state index contributed by atoms with van der Waals surface area (Å²) < 4.78 is 14.9. The van der Waals surface area contributed by atoms with Gasteiger partial charge in [-0.1, -0.05) is 54.1 Å². The zero-order valence-corrected chi connectivity index (χ0v) is 24.0. The van der Waals surface area contributed by atoms with Crippen LogP contribution in [0.3, 0.4) is 0 Å². The Bertz CT molecular complexity index is 1590. The Morgan fingerprint density at radius 2 is 1.68 bits per heavy atom. The van der Waals surface area contributed by atoms with Crippen LogP contribution in [0.4, 0.5) is 11.4 Å². The van der Waals surface area contributed by atoms with Crippen molar-refractivity contribution < 1.29 is 23.9 Å². The van der Waals surface area contributed by atoms with Gasteiger partial charge < -0.3 is 26.3 Å². The van der Waals surface area contributed by atoms with Crippen LogP contribution >= 0.6 is 11.5 Å². The smallest absolute Gasteiger partial charge is 0.273 e. The number of nitrogens with zero attached hydrogens (tertiary/aromatic N) is 2. The fourth-order valence-corrected chi connectivity index (χ4v) is 5.24. The third kappa shape index (κ3) is 6.15. The first-order valence-electron chi connectivity index (χ1n) is 12.7. The summed E-state index contributed by atoms with van der Waals surface area (Å²) in [5.74, 6) is -1.08. The largest absolute Gasteiger partial charge is 0.493 e. The van der Waals surface area contributed by atoms with Crippen LogP contribution in [0, 0.1) is 13.8 Å². The van der Waals surface area contributed by atoms with E-state index in [0.717, 1.165) is 28.2 Å². The van der Waals surface area contributed by atoms with Gasteiger partial charge in [-0.2, -0.15) is 4.37 Å². The summed E-state index contributed by atoms with van der Waals surface area (Å²) in [6, 6.07) is 18.8. The number of rotatable bonds is 10. The molecule has 4 aromatic rings. The molecule has 1 atom stereocenters. The summed E-state index contributed by atoms with van der Waals surface area (Å²) in [6.45, 7) is 4.01. The minimum atomic E-state index is -1.18. The van der Waals surface area contributed by atoms with Crippen LogP contribution < -0.4 is 31.2 Å². The number of nitrogens with two attached hydrogens (primary N) is 2. The number of aryl methyl sites for hydroxylation is 2. The Hall–Kier alpha value is -4.90. The first kappa shape index (κ1) is 29.1. The molecule has 0 aliphatic rings. The van der Waals surface area contributed by atoms with Gasteiger partial charge in [0.2, 0.25) is 5.91 Å². The van der Waals surface area contributed by atoms with Crippen molar-refractivity contribution in [1.82, 2.24) is 9.69 Å². The molecule has 0 radical (unpaired) electrons. The summed E-state index contributed by atoms with van der Waals surface area (Å²) in [4.78, 5) is 41.7. The van der Waals surface area contributed by atoms with E-state index < -0.39 is 23.8 Å². The minimum absolute atomic E-state index is 0.0138. The number of nitrogens with one attached hydrogen (secondary N) is 1. The number of amides is 3. The molecule has 3 amide bonds. The van der Waals surface area contributed by atoms with E-state index in [-0.39, 0.29) is 22.8 Å². The van der Waals surface area contributed by atoms with Crippen LogP contribution in [-0.2, 0) is 11.3 Å². The lowest BCUT2D eigenvalue weighted by molar-refractivity contribution is -0.122. The van der Waals surface area contributed by atoms with Crippen molar-refractivity contribution in [1.29, 1.82) is 0 Å². The molecule has 5 N–H and O–H groups in total. The lowest BCUT2D eigenvalue weighted by Crippen LogP contribution is -2.44. The number of nitrogen functional groups attached to an aromatic ring is 1. The predicted molar refractivity (Wildman–Crippen MR) is 158 cm³/mol. The van der Waals surface area contributed by atoms with E-state index in [4.69, 9.17) is 20.9 Å². The summed E-state index contributed by atoms with van der Waals surface area (Å²) >= 11 is 0.749. The highest BCUT2D eigenvalue weighted by atomic mass is 32.1. The van der Waals surface area contributed by atoms with E-state index in [0.29, 0.717) is 22.7 Å². The highest BCUT2D eigenvalue weighted by Gasteiger charge is 2.37. The lowest BCUT2D eigenvalue weighted by Gasteiger charge is -2.32. The Morgan fingerprint density at radius 1 is 0.976 bits per heavy atom. The average Bonchev–Trinajstić information content (AvgIpc) is 3.36. The Kier molecular flexibility index (Phi) is 8.88. The number of benzene rings is 3. The van der Waals surface area contributed by atoms with Crippen molar-refractivity contribution >= 4 is 40.6 Å². The van der Waals surface area contributed by atoms with Crippen LogP contribution in [0.25, 0.3) is 0 Å². The van der Waals surface area contributed by atoms with E-state index in [1.165, 1.54) is 19.1 Å². The van der Waals surface area contributed by atoms with Gasteiger partial charge in [-0.25, -0.2) is 0 Å². The molecule has 0 saturated heterocycles. The Morgan fingerprint density at radius 3 is 2.29 bits per heavy atom. The number of primary amides is 1. The molecule has 0 fully saturated rings.